The molecule has 0 bridgehead atoms. The van der Waals surface area contributed by atoms with Crippen LogP contribution in [0.3, 0.4) is 0 Å². The lowest BCUT2D eigenvalue weighted by Crippen LogP contribution is -2.29. The van der Waals surface area contributed by atoms with E-state index in [0.29, 0.717) is 15.9 Å². The fourth-order valence-corrected chi connectivity index (χ4v) is 3.81. The highest BCUT2D eigenvalue weighted by molar-refractivity contribution is 9.10. The standard InChI is InChI=1S/C23H22BrN3O3/c24-21-11-10-20(30-21)23(29)26-17-7-4-6-16(14-17)22(28)25-18-8-5-9-19(15-18)27-12-2-1-3-13-27/h4-11,14-15H,1-3,12-13H2,(H,25,28)(H,26,29). The molecule has 0 saturated carbocycles. The number of carbonyl (C=O) groups is 2. The van der Waals surface area contributed by atoms with Crippen LogP contribution in [0.4, 0.5) is 17.1 Å². The summed E-state index contributed by atoms with van der Waals surface area (Å²) in [7, 11) is 0. The minimum Gasteiger partial charge on any atom is -0.444 e. The first-order valence-electron chi connectivity index (χ1n) is 9.91. The Bertz CT molecular complexity index is 1060. The minimum atomic E-state index is -0.382. The summed E-state index contributed by atoms with van der Waals surface area (Å²) in [5.74, 6) is -0.429. The molecule has 0 spiro atoms. The van der Waals surface area contributed by atoms with Gasteiger partial charge in [-0.2, -0.15) is 0 Å². The van der Waals surface area contributed by atoms with Gasteiger partial charge in [-0.3, -0.25) is 9.59 Å². The van der Waals surface area contributed by atoms with Gasteiger partial charge in [-0.25, -0.2) is 0 Å². The van der Waals surface area contributed by atoms with Gasteiger partial charge in [0.25, 0.3) is 11.8 Å². The predicted molar refractivity (Wildman–Crippen MR) is 121 cm³/mol. The number of rotatable bonds is 5. The summed E-state index contributed by atoms with van der Waals surface area (Å²) in [6.45, 7) is 2.09. The molecule has 1 aliphatic heterocycles. The Morgan fingerprint density at radius 1 is 0.833 bits per heavy atom. The Balaban J connectivity index is 1.44. The number of piperidine rings is 1. The summed E-state index contributed by atoms with van der Waals surface area (Å²) >= 11 is 3.18. The smallest absolute Gasteiger partial charge is 0.291 e. The lowest BCUT2D eigenvalue weighted by molar-refractivity contribution is 0.0992. The lowest BCUT2D eigenvalue weighted by Gasteiger charge is -2.29. The summed E-state index contributed by atoms with van der Waals surface area (Å²) < 4.78 is 5.74. The highest BCUT2D eigenvalue weighted by atomic mass is 79.9. The molecule has 154 valence electrons. The fraction of sp³-hybridized carbons (Fsp3) is 0.217. The molecule has 3 aromatic rings. The first-order valence-corrected chi connectivity index (χ1v) is 10.7. The molecule has 2 N–H and O–H groups in total. The van der Waals surface area contributed by atoms with Crippen LogP contribution in [0.5, 0.6) is 0 Å². The molecule has 1 saturated heterocycles. The van der Waals surface area contributed by atoms with Crippen LogP contribution in [-0.4, -0.2) is 24.9 Å². The molecule has 0 aliphatic carbocycles. The third-order valence-corrected chi connectivity index (χ3v) is 5.43. The lowest BCUT2D eigenvalue weighted by atomic mass is 10.1. The summed E-state index contributed by atoms with van der Waals surface area (Å²) in [6.07, 6.45) is 3.67. The maximum absolute atomic E-state index is 12.8. The number of hydrogen-bond acceptors (Lipinski definition) is 4. The topological polar surface area (TPSA) is 74.6 Å². The second-order valence-corrected chi connectivity index (χ2v) is 7.97. The van der Waals surface area contributed by atoms with Crippen molar-refractivity contribution < 1.29 is 14.0 Å². The number of hydrogen-bond donors (Lipinski definition) is 2. The Morgan fingerprint density at radius 2 is 1.53 bits per heavy atom. The number of nitrogens with zero attached hydrogens (tertiary/aromatic N) is 1. The molecule has 4 rings (SSSR count). The molecule has 1 aromatic heterocycles. The Morgan fingerprint density at radius 3 is 2.27 bits per heavy atom. The molecule has 0 radical (unpaired) electrons. The van der Waals surface area contributed by atoms with Crippen molar-refractivity contribution in [2.75, 3.05) is 28.6 Å². The van der Waals surface area contributed by atoms with Crippen LogP contribution in [0.15, 0.2) is 69.8 Å². The van der Waals surface area contributed by atoms with Crippen molar-refractivity contribution in [3.63, 3.8) is 0 Å². The number of halogens is 1. The largest absolute Gasteiger partial charge is 0.444 e. The number of benzene rings is 2. The van der Waals surface area contributed by atoms with Gasteiger partial charge in [0.05, 0.1) is 0 Å². The van der Waals surface area contributed by atoms with E-state index in [1.165, 1.54) is 19.3 Å². The normalized spacial score (nSPS) is 13.7. The van der Waals surface area contributed by atoms with Gasteiger partial charge in [-0.05, 0) is 83.7 Å². The highest BCUT2D eigenvalue weighted by Crippen LogP contribution is 2.24. The van der Waals surface area contributed by atoms with Gasteiger partial charge >= 0.3 is 0 Å². The number of furan rings is 1. The average molecular weight is 468 g/mol. The molecule has 6 nitrogen and oxygen atoms in total. The average Bonchev–Trinajstić information content (AvgIpc) is 3.21. The molecular formula is C23H22BrN3O3. The van der Waals surface area contributed by atoms with E-state index in [1.54, 1.807) is 36.4 Å². The first-order chi connectivity index (χ1) is 14.6. The van der Waals surface area contributed by atoms with Crippen LogP contribution in [0.2, 0.25) is 0 Å². The quantitative estimate of drug-likeness (QED) is 0.516. The molecule has 1 aliphatic rings. The van der Waals surface area contributed by atoms with E-state index >= 15 is 0 Å². The van der Waals surface area contributed by atoms with Gasteiger partial charge in [0.2, 0.25) is 0 Å². The highest BCUT2D eigenvalue weighted by Gasteiger charge is 2.14. The summed E-state index contributed by atoms with van der Waals surface area (Å²) in [5.41, 5.74) is 2.84. The second kappa shape index (κ2) is 9.17. The number of amides is 2. The molecule has 7 heteroatoms. The molecule has 0 unspecified atom stereocenters. The maximum atomic E-state index is 12.8. The van der Waals surface area contributed by atoms with Gasteiger partial charge in [-0.15, -0.1) is 0 Å². The fourth-order valence-electron chi connectivity index (χ4n) is 3.50. The van der Waals surface area contributed by atoms with Gasteiger partial charge < -0.3 is 20.0 Å². The zero-order valence-electron chi connectivity index (χ0n) is 16.4. The summed E-state index contributed by atoms with van der Waals surface area (Å²) in [6, 6.07) is 17.9. The summed E-state index contributed by atoms with van der Waals surface area (Å²) in [5, 5.41) is 5.69. The van der Waals surface area contributed by atoms with Crippen LogP contribution in [0, 0.1) is 0 Å². The SMILES string of the molecule is O=C(Nc1cccc(N2CCCCC2)c1)c1cccc(NC(=O)c2ccc(Br)o2)c1. The zero-order valence-corrected chi connectivity index (χ0v) is 17.9. The molecule has 30 heavy (non-hydrogen) atoms. The molecular weight excluding hydrogens is 446 g/mol. The molecule has 0 atom stereocenters. The third-order valence-electron chi connectivity index (χ3n) is 5.00. The van der Waals surface area contributed by atoms with Crippen LogP contribution >= 0.6 is 15.9 Å². The van der Waals surface area contributed by atoms with Gasteiger partial charge in [0.1, 0.15) is 0 Å². The number of nitrogens with one attached hydrogen (secondary N) is 2. The Kier molecular flexibility index (Phi) is 6.18. The molecule has 2 heterocycles. The van der Waals surface area contributed by atoms with Crippen molar-refractivity contribution >= 4 is 44.8 Å². The van der Waals surface area contributed by atoms with Crippen molar-refractivity contribution in [1.29, 1.82) is 0 Å². The van der Waals surface area contributed by atoms with E-state index in [0.717, 1.165) is 24.5 Å². The zero-order chi connectivity index (χ0) is 20.9. The van der Waals surface area contributed by atoms with Gasteiger partial charge in [0.15, 0.2) is 10.4 Å². The van der Waals surface area contributed by atoms with Crippen LogP contribution < -0.4 is 15.5 Å². The van der Waals surface area contributed by atoms with Crippen LogP contribution in [-0.2, 0) is 0 Å². The van der Waals surface area contributed by atoms with E-state index in [2.05, 4.69) is 37.5 Å². The van der Waals surface area contributed by atoms with E-state index in [-0.39, 0.29) is 17.6 Å². The van der Waals surface area contributed by atoms with E-state index in [9.17, 15) is 9.59 Å². The second-order valence-electron chi connectivity index (χ2n) is 7.19. The van der Waals surface area contributed by atoms with Crippen molar-refractivity contribution in [1.82, 2.24) is 0 Å². The van der Waals surface area contributed by atoms with Crippen LogP contribution in [0.25, 0.3) is 0 Å². The first kappa shape index (κ1) is 20.2. The van der Waals surface area contributed by atoms with Crippen molar-refractivity contribution in [2.45, 2.75) is 19.3 Å². The predicted octanol–water partition coefficient (Wildman–Crippen LogP) is 5.54. The monoisotopic (exact) mass is 467 g/mol. The van der Waals surface area contributed by atoms with Crippen LogP contribution in [0.1, 0.15) is 40.2 Å². The van der Waals surface area contributed by atoms with Crippen molar-refractivity contribution in [3.05, 3.63) is 76.7 Å². The van der Waals surface area contributed by atoms with Gasteiger partial charge in [-0.1, -0.05) is 12.1 Å². The Hall–Kier alpha value is -3.06. The molecule has 1 fully saturated rings. The number of anilines is 3. The van der Waals surface area contributed by atoms with Gasteiger partial charge in [0, 0.05) is 35.7 Å². The molecule has 2 aromatic carbocycles. The third kappa shape index (κ3) is 4.91. The minimum absolute atomic E-state index is 0.186. The molecule has 2 amide bonds. The number of carbonyl (C=O) groups excluding carboxylic acids is 2. The van der Waals surface area contributed by atoms with E-state index < -0.39 is 0 Å². The van der Waals surface area contributed by atoms with E-state index in [4.69, 9.17) is 4.42 Å². The summed E-state index contributed by atoms with van der Waals surface area (Å²) in [4.78, 5) is 27.4. The van der Waals surface area contributed by atoms with Crippen molar-refractivity contribution in [3.8, 4) is 0 Å². The Labute approximate surface area is 183 Å². The maximum Gasteiger partial charge on any atom is 0.291 e. The van der Waals surface area contributed by atoms with Crippen molar-refractivity contribution in [2.24, 2.45) is 0 Å². The van der Waals surface area contributed by atoms with E-state index in [1.807, 2.05) is 18.2 Å².